The van der Waals surface area contributed by atoms with Crippen LogP contribution in [-0.4, -0.2) is 16.3 Å². The van der Waals surface area contributed by atoms with Crippen LogP contribution in [0.15, 0.2) is 6.20 Å². The lowest BCUT2D eigenvalue weighted by Crippen LogP contribution is -2.11. The summed E-state index contributed by atoms with van der Waals surface area (Å²) in [7, 11) is 0. The number of aromatic nitrogens is 2. The van der Waals surface area contributed by atoms with E-state index in [2.05, 4.69) is 37.5 Å². The molecule has 0 bridgehead atoms. The Morgan fingerprint density at radius 3 is 2.43 bits per heavy atom. The van der Waals surface area contributed by atoms with Gasteiger partial charge < -0.3 is 5.73 Å². The van der Waals surface area contributed by atoms with Crippen molar-refractivity contribution in [1.82, 2.24) is 9.78 Å². The van der Waals surface area contributed by atoms with Crippen molar-refractivity contribution in [2.24, 2.45) is 5.73 Å². The third kappa shape index (κ3) is 2.15. The van der Waals surface area contributed by atoms with Gasteiger partial charge in [-0.15, -0.1) is 0 Å². The molecule has 0 fully saturated rings. The number of hydrogen-bond acceptors (Lipinski definition) is 2. The highest BCUT2D eigenvalue weighted by Crippen LogP contribution is 2.22. The van der Waals surface area contributed by atoms with E-state index in [-0.39, 0.29) is 0 Å². The summed E-state index contributed by atoms with van der Waals surface area (Å²) in [4.78, 5) is 0. The molecule has 3 nitrogen and oxygen atoms in total. The van der Waals surface area contributed by atoms with Crippen molar-refractivity contribution >= 4 is 0 Å². The molecule has 1 aromatic heterocycles. The van der Waals surface area contributed by atoms with Crippen LogP contribution < -0.4 is 5.73 Å². The number of nitrogens with zero attached hydrogens (tertiary/aromatic N) is 2. The van der Waals surface area contributed by atoms with Gasteiger partial charge in [-0.25, -0.2) is 0 Å². The zero-order valence-electron chi connectivity index (χ0n) is 9.62. The lowest BCUT2D eigenvalue weighted by Gasteiger charge is -2.15. The van der Waals surface area contributed by atoms with Crippen LogP contribution in [0.3, 0.4) is 0 Å². The predicted octanol–water partition coefficient (Wildman–Crippen LogP) is 2.09. The van der Waals surface area contributed by atoms with E-state index in [1.807, 2.05) is 6.20 Å². The molecule has 0 aliphatic carbocycles. The van der Waals surface area contributed by atoms with Gasteiger partial charge in [0, 0.05) is 11.7 Å². The van der Waals surface area contributed by atoms with Gasteiger partial charge in [-0.3, -0.25) is 4.68 Å². The Morgan fingerprint density at radius 1 is 1.36 bits per heavy atom. The Hall–Kier alpha value is -0.830. The van der Waals surface area contributed by atoms with Gasteiger partial charge in [0.15, 0.2) is 0 Å². The van der Waals surface area contributed by atoms with Gasteiger partial charge in [0.25, 0.3) is 0 Å². The topological polar surface area (TPSA) is 43.8 Å². The second-order valence-corrected chi connectivity index (χ2v) is 4.29. The maximum absolute atomic E-state index is 5.58. The quantitative estimate of drug-likeness (QED) is 0.799. The molecule has 0 spiro atoms. The van der Waals surface area contributed by atoms with Crippen LogP contribution in [0.5, 0.6) is 0 Å². The molecular formula is C11H21N3. The third-order valence-electron chi connectivity index (χ3n) is 2.36. The number of nitrogens with two attached hydrogens (primary N) is 1. The Balaban J connectivity index is 3.07. The average molecular weight is 195 g/mol. The summed E-state index contributed by atoms with van der Waals surface area (Å²) in [6.07, 6.45) is 2.89. The van der Waals surface area contributed by atoms with E-state index in [1.54, 1.807) is 0 Å². The fourth-order valence-corrected chi connectivity index (χ4v) is 1.80. The minimum Gasteiger partial charge on any atom is -0.330 e. The first-order valence-electron chi connectivity index (χ1n) is 5.34. The second-order valence-electron chi connectivity index (χ2n) is 4.29. The SMILES string of the molecule is CC(C)c1c(CCN)cnn1C(C)C. The summed E-state index contributed by atoms with van der Waals surface area (Å²) in [6, 6.07) is 0.430. The maximum Gasteiger partial charge on any atom is 0.0525 e. The van der Waals surface area contributed by atoms with Crippen LogP contribution in [0, 0.1) is 0 Å². The highest BCUT2D eigenvalue weighted by atomic mass is 15.3. The Morgan fingerprint density at radius 2 is 2.00 bits per heavy atom. The van der Waals surface area contributed by atoms with Crippen molar-refractivity contribution in [2.45, 2.75) is 46.1 Å². The molecule has 3 heteroatoms. The molecule has 2 N–H and O–H groups in total. The van der Waals surface area contributed by atoms with E-state index in [0.717, 1.165) is 6.42 Å². The monoisotopic (exact) mass is 195 g/mol. The van der Waals surface area contributed by atoms with Gasteiger partial charge in [-0.05, 0) is 38.3 Å². The van der Waals surface area contributed by atoms with Crippen molar-refractivity contribution in [1.29, 1.82) is 0 Å². The normalized spacial score (nSPS) is 11.6. The summed E-state index contributed by atoms with van der Waals surface area (Å²) in [5, 5.41) is 4.42. The van der Waals surface area contributed by atoms with Gasteiger partial charge in [-0.2, -0.15) is 5.10 Å². The molecule has 0 aromatic carbocycles. The fourth-order valence-electron chi connectivity index (χ4n) is 1.80. The van der Waals surface area contributed by atoms with Crippen molar-refractivity contribution in [3.8, 4) is 0 Å². The molecule has 80 valence electrons. The Bertz CT molecular complexity index is 287. The molecule has 1 heterocycles. The summed E-state index contributed by atoms with van der Waals surface area (Å²) >= 11 is 0. The molecular weight excluding hydrogens is 174 g/mol. The van der Waals surface area contributed by atoms with Crippen LogP contribution in [0.25, 0.3) is 0 Å². The Labute approximate surface area is 86.3 Å². The van der Waals surface area contributed by atoms with Gasteiger partial charge in [0.2, 0.25) is 0 Å². The van der Waals surface area contributed by atoms with Crippen molar-refractivity contribution in [2.75, 3.05) is 6.54 Å². The van der Waals surface area contributed by atoms with Crippen LogP contribution in [0.1, 0.15) is 50.9 Å². The van der Waals surface area contributed by atoms with Crippen molar-refractivity contribution in [3.63, 3.8) is 0 Å². The standard InChI is InChI=1S/C11H21N3/c1-8(2)11-10(5-6-12)7-13-14(11)9(3)4/h7-9H,5-6,12H2,1-4H3. The zero-order chi connectivity index (χ0) is 10.7. The summed E-state index contributed by atoms with van der Waals surface area (Å²) in [5.41, 5.74) is 8.22. The van der Waals surface area contributed by atoms with Crippen LogP contribution in [0.2, 0.25) is 0 Å². The minimum absolute atomic E-state index is 0.430. The molecule has 0 radical (unpaired) electrons. The zero-order valence-corrected chi connectivity index (χ0v) is 9.62. The molecule has 1 aromatic rings. The summed E-state index contributed by atoms with van der Waals surface area (Å²) in [5.74, 6) is 0.515. The summed E-state index contributed by atoms with van der Waals surface area (Å²) < 4.78 is 2.11. The van der Waals surface area contributed by atoms with Gasteiger partial charge in [0.1, 0.15) is 0 Å². The first kappa shape index (κ1) is 11.2. The Kier molecular flexibility index (Phi) is 3.69. The van der Waals surface area contributed by atoms with Crippen molar-refractivity contribution in [3.05, 3.63) is 17.5 Å². The smallest absolute Gasteiger partial charge is 0.0525 e. The molecule has 0 aliphatic rings. The average Bonchev–Trinajstić information content (AvgIpc) is 2.48. The molecule has 0 aliphatic heterocycles. The van der Waals surface area contributed by atoms with Gasteiger partial charge >= 0.3 is 0 Å². The highest BCUT2D eigenvalue weighted by Gasteiger charge is 2.14. The number of rotatable bonds is 4. The van der Waals surface area contributed by atoms with Crippen LogP contribution in [0.4, 0.5) is 0 Å². The molecule has 14 heavy (non-hydrogen) atoms. The van der Waals surface area contributed by atoms with E-state index in [1.165, 1.54) is 11.3 Å². The number of hydrogen-bond donors (Lipinski definition) is 1. The molecule has 0 saturated heterocycles. The largest absolute Gasteiger partial charge is 0.330 e. The fraction of sp³-hybridized carbons (Fsp3) is 0.727. The van der Waals surface area contributed by atoms with E-state index in [9.17, 15) is 0 Å². The molecule has 0 atom stereocenters. The predicted molar refractivity (Wildman–Crippen MR) is 59.5 cm³/mol. The highest BCUT2D eigenvalue weighted by molar-refractivity contribution is 5.21. The van der Waals surface area contributed by atoms with E-state index in [4.69, 9.17) is 5.73 Å². The minimum atomic E-state index is 0.430. The van der Waals surface area contributed by atoms with Crippen LogP contribution >= 0.6 is 0 Å². The molecule has 0 amide bonds. The van der Waals surface area contributed by atoms with E-state index < -0.39 is 0 Å². The van der Waals surface area contributed by atoms with Crippen LogP contribution in [-0.2, 0) is 6.42 Å². The van der Waals surface area contributed by atoms with Crippen molar-refractivity contribution < 1.29 is 0 Å². The third-order valence-corrected chi connectivity index (χ3v) is 2.36. The van der Waals surface area contributed by atoms with E-state index >= 15 is 0 Å². The van der Waals surface area contributed by atoms with Gasteiger partial charge in [0.05, 0.1) is 6.20 Å². The molecule has 1 rings (SSSR count). The lowest BCUT2D eigenvalue weighted by molar-refractivity contribution is 0.496. The lowest BCUT2D eigenvalue weighted by atomic mass is 10.0. The van der Waals surface area contributed by atoms with Gasteiger partial charge in [-0.1, -0.05) is 13.8 Å². The maximum atomic E-state index is 5.58. The molecule has 0 unspecified atom stereocenters. The summed E-state index contributed by atoms with van der Waals surface area (Å²) in [6.45, 7) is 9.42. The van der Waals surface area contributed by atoms with E-state index in [0.29, 0.717) is 18.5 Å². The molecule has 0 saturated carbocycles. The first-order chi connectivity index (χ1) is 6.57. The second kappa shape index (κ2) is 4.60. The first-order valence-corrected chi connectivity index (χ1v) is 5.34.